The highest BCUT2D eigenvalue weighted by molar-refractivity contribution is 5.51. The topological polar surface area (TPSA) is 179 Å². The van der Waals surface area contributed by atoms with Gasteiger partial charge in [-0.05, 0) is 48.6 Å². The molecule has 1 fully saturated rings. The quantitative estimate of drug-likeness (QED) is 0.188. The van der Waals surface area contributed by atoms with Crippen LogP contribution in [0.3, 0.4) is 0 Å². The summed E-state index contributed by atoms with van der Waals surface area (Å²) in [7, 11) is 2.88. The summed E-state index contributed by atoms with van der Waals surface area (Å²) < 4.78 is 21.4. The highest BCUT2D eigenvalue weighted by atomic mass is 16.7. The fraction of sp³-hybridized carbons (Fsp3) is 0.538. The van der Waals surface area contributed by atoms with Gasteiger partial charge >= 0.3 is 0 Å². The van der Waals surface area contributed by atoms with Gasteiger partial charge in [-0.25, -0.2) is 0 Å². The van der Waals surface area contributed by atoms with E-state index in [4.69, 9.17) is 18.9 Å². The van der Waals surface area contributed by atoms with E-state index in [2.05, 4.69) is 0 Å². The zero-order valence-corrected chi connectivity index (χ0v) is 20.9. The summed E-state index contributed by atoms with van der Waals surface area (Å²) in [5.41, 5.74) is 2.10. The molecule has 6 atom stereocenters. The number of benzene rings is 2. The highest BCUT2D eigenvalue weighted by Gasteiger charge is 2.43. The van der Waals surface area contributed by atoms with Crippen molar-refractivity contribution in [2.75, 3.05) is 34.0 Å². The smallest absolute Gasteiger partial charge is 0.186 e. The molecule has 3 rings (SSSR count). The van der Waals surface area contributed by atoms with E-state index < -0.39 is 43.2 Å². The predicted molar refractivity (Wildman–Crippen MR) is 131 cm³/mol. The monoisotopic (exact) mass is 524 g/mol. The Kier molecular flexibility index (Phi) is 10.4. The molecule has 0 aliphatic carbocycles. The Hall–Kier alpha value is -2.64. The number of aryl methyl sites for hydroxylation is 1. The van der Waals surface area contributed by atoms with Crippen LogP contribution in [0.5, 0.6) is 23.0 Å². The Labute approximate surface area is 215 Å². The van der Waals surface area contributed by atoms with Gasteiger partial charge in [0, 0.05) is 11.5 Å². The summed E-state index contributed by atoms with van der Waals surface area (Å²) in [4.78, 5) is 0. The Balaban J connectivity index is 1.68. The van der Waals surface area contributed by atoms with Crippen LogP contribution in [0.1, 0.15) is 29.0 Å². The molecular formula is C26H36O11. The number of rotatable bonds is 12. The van der Waals surface area contributed by atoms with Gasteiger partial charge in [0.1, 0.15) is 24.4 Å². The van der Waals surface area contributed by atoms with Gasteiger partial charge in [-0.1, -0.05) is 12.1 Å². The molecule has 0 aromatic heterocycles. The predicted octanol–water partition coefficient (Wildman–Crippen LogP) is 0.183. The minimum absolute atomic E-state index is 0.00393. The molecule has 1 saturated heterocycles. The molecule has 0 bridgehead atoms. The Bertz CT molecular complexity index is 1010. The van der Waals surface area contributed by atoms with Gasteiger partial charge in [0.05, 0.1) is 34.0 Å². The van der Waals surface area contributed by atoms with Gasteiger partial charge < -0.3 is 54.7 Å². The lowest BCUT2D eigenvalue weighted by Crippen LogP contribution is -2.59. The summed E-state index contributed by atoms with van der Waals surface area (Å²) in [6.07, 6.45) is -5.35. The highest BCUT2D eigenvalue weighted by Crippen LogP contribution is 2.38. The lowest BCUT2D eigenvalue weighted by molar-refractivity contribution is -0.301. The van der Waals surface area contributed by atoms with Crippen LogP contribution >= 0.6 is 0 Å². The van der Waals surface area contributed by atoms with E-state index in [1.165, 1.54) is 20.3 Å². The van der Waals surface area contributed by atoms with Gasteiger partial charge in [-0.3, -0.25) is 0 Å². The second-order valence-corrected chi connectivity index (χ2v) is 9.00. The number of hydrogen-bond donors (Lipinski definition) is 7. The van der Waals surface area contributed by atoms with Crippen molar-refractivity contribution >= 4 is 0 Å². The maximum atomic E-state index is 10.8. The first-order valence-electron chi connectivity index (χ1n) is 12.0. The second kappa shape index (κ2) is 13.2. The van der Waals surface area contributed by atoms with Crippen molar-refractivity contribution < 1.29 is 54.7 Å². The average Bonchev–Trinajstić information content (AvgIpc) is 2.91. The van der Waals surface area contributed by atoms with E-state index in [0.717, 1.165) is 11.1 Å². The molecule has 11 heteroatoms. The van der Waals surface area contributed by atoms with Gasteiger partial charge in [0.25, 0.3) is 0 Å². The third kappa shape index (κ3) is 6.82. The van der Waals surface area contributed by atoms with Crippen LogP contribution in [0.25, 0.3) is 0 Å². The summed E-state index contributed by atoms with van der Waals surface area (Å²) in [6.45, 7) is -0.647. The molecule has 2 aromatic rings. The minimum atomic E-state index is -1.51. The zero-order valence-electron chi connectivity index (χ0n) is 20.9. The number of phenols is 2. The normalized spacial score (nSPS) is 24.6. The maximum Gasteiger partial charge on any atom is 0.186 e. The fourth-order valence-corrected chi connectivity index (χ4v) is 4.39. The molecule has 37 heavy (non-hydrogen) atoms. The van der Waals surface area contributed by atoms with E-state index in [0.29, 0.717) is 30.6 Å². The minimum Gasteiger partial charge on any atom is -0.504 e. The number of aromatic hydroxyl groups is 2. The van der Waals surface area contributed by atoms with Crippen molar-refractivity contribution in [3.63, 3.8) is 0 Å². The molecule has 2 aromatic carbocycles. The summed E-state index contributed by atoms with van der Waals surface area (Å²) >= 11 is 0. The number of methoxy groups -OCH3 is 2. The van der Waals surface area contributed by atoms with Crippen molar-refractivity contribution in [3.05, 3.63) is 47.0 Å². The number of hydrogen-bond acceptors (Lipinski definition) is 11. The van der Waals surface area contributed by atoms with E-state index in [1.807, 2.05) is 0 Å². The Morgan fingerprint density at radius 1 is 0.892 bits per heavy atom. The molecular weight excluding hydrogens is 488 g/mol. The lowest BCUT2D eigenvalue weighted by Gasteiger charge is -2.39. The molecule has 206 valence electrons. The van der Waals surface area contributed by atoms with E-state index in [1.54, 1.807) is 24.3 Å². The zero-order chi connectivity index (χ0) is 27.1. The number of phenolic OH excluding ortho intramolecular Hbond substituents is 2. The van der Waals surface area contributed by atoms with Gasteiger partial charge in [0.15, 0.2) is 29.3 Å². The third-order valence-electron chi connectivity index (χ3n) is 6.51. The van der Waals surface area contributed by atoms with Crippen molar-refractivity contribution in [1.29, 1.82) is 0 Å². The molecule has 7 N–H and O–H groups in total. The van der Waals surface area contributed by atoms with Crippen molar-refractivity contribution in [1.82, 2.24) is 0 Å². The van der Waals surface area contributed by atoms with Crippen LogP contribution < -0.4 is 9.47 Å². The molecule has 0 unspecified atom stereocenters. The molecule has 0 amide bonds. The molecule has 11 nitrogen and oxygen atoms in total. The summed E-state index contributed by atoms with van der Waals surface area (Å²) in [6, 6.07) is 8.37. The average molecular weight is 525 g/mol. The van der Waals surface area contributed by atoms with Crippen LogP contribution in [-0.4, -0.2) is 100 Å². The molecule has 0 saturated carbocycles. The van der Waals surface area contributed by atoms with Gasteiger partial charge in [-0.15, -0.1) is 0 Å². The van der Waals surface area contributed by atoms with E-state index >= 15 is 0 Å². The molecule has 0 spiro atoms. The summed E-state index contributed by atoms with van der Waals surface area (Å²) in [5.74, 6) is 0.0274. The second-order valence-electron chi connectivity index (χ2n) is 9.00. The van der Waals surface area contributed by atoms with Crippen LogP contribution in [0.2, 0.25) is 0 Å². The lowest BCUT2D eigenvalue weighted by atomic mass is 9.89. The first-order chi connectivity index (χ1) is 17.7. The number of ether oxygens (including phenoxy) is 4. The largest absolute Gasteiger partial charge is 0.504 e. The van der Waals surface area contributed by atoms with E-state index in [9.17, 15) is 35.7 Å². The molecule has 1 aliphatic rings. The maximum absolute atomic E-state index is 10.8. The fourth-order valence-electron chi connectivity index (χ4n) is 4.39. The van der Waals surface area contributed by atoms with Crippen LogP contribution in [0, 0.1) is 0 Å². The Morgan fingerprint density at radius 2 is 1.59 bits per heavy atom. The first kappa shape index (κ1) is 28.9. The van der Waals surface area contributed by atoms with Crippen molar-refractivity contribution in [3.8, 4) is 23.0 Å². The molecule has 0 radical (unpaired) electrons. The van der Waals surface area contributed by atoms with Crippen LogP contribution in [0.15, 0.2) is 30.3 Å². The molecule has 1 heterocycles. The SMILES string of the molecule is COc1cc(C[C@@H](CO)c2cc(CCCO[C@@H]3O[C@H](CO)[C@@H](O)[C@H](O)[C@H]3O)cc(OC)c2O)ccc1O. The van der Waals surface area contributed by atoms with Crippen molar-refractivity contribution in [2.24, 2.45) is 0 Å². The van der Waals surface area contributed by atoms with Crippen LogP contribution in [-0.2, 0) is 22.3 Å². The van der Waals surface area contributed by atoms with Gasteiger partial charge in [-0.2, -0.15) is 0 Å². The van der Waals surface area contributed by atoms with Crippen LogP contribution in [0.4, 0.5) is 0 Å². The molecule has 1 aliphatic heterocycles. The van der Waals surface area contributed by atoms with E-state index in [-0.39, 0.29) is 30.5 Å². The first-order valence-corrected chi connectivity index (χ1v) is 12.0. The number of aliphatic hydroxyl groups is 5. The Morgan fingerprint density at radius 3 is 2.24 bits per heavy atom. The summed E-state index contributed by atoms with van der Waals surface area (Å²) in [5, 5.41) is 69.9. The van der Waals surface area contributed by atoms with Crippen molar-refractivity contribution in [2.45, 2.75) is 55.9 Å². The van der Waals surface area contributed by atoms with Gasteiger partial charge in [0.2, 0.25) is 0 Å². The number of aliphatic hydroxyl groups excluding tert-OH is 5. The standard InChI is InChI=1S/C26H36O11/c1-34-19-10-15(5-6-18(19)29)8-16(12-27)17-9-14(11-20(35-2)22(17)30)4-3-7-36-26-25(33)24(32)23(31)21(13-28)37-26/h5-6,9-11,16,21,23-33H,3-4,7-8,12-13H2,1-2H3/t16-,21+,23+,24-,25+,26+/m0/s1. The third-order valence-corrected chi connectivity index (χ3v) is 6.51.